The molecule has 1 spiro atoms. The van der Waals surface area contributed by atoms with Crippen LogP contribution in [0.3, 0.4) is 0 Å². The van der Waals surface area contributed by atoms with Crippen LogP contribution in [-0.4, -0.2) is 70.1 Å². The number of carbonyl (C=O) groups is 1. The van der Waals surface area contributed by atoms with E-state index in [0.29, 0.717) is 11.8 Å². The van der Waals surface area contributed by atoms with Crippen LogP contribution in [0.5, 0.6) is 0 Å². The first-order valence-electron chi connectivity index (χ1n) is 11.5. The van der Waals surface area contributed by atoms with Gasteiger partial charge in [0.1, 0.15) is 17.2 Å². The Labute approximate surface area is 186 Å². The number of likely N-dealkylation sites (N-methyl/N-ethyl adjacent to an activating group) is 1. The number of fused-ring (bicyclic) bond motifs is 4. The number of pyridine rings is 1. The number of nitrogens with one attached hydrogen (secondary N) is 2. The third-order valence-electron chi connectivity index (χ3n) is 7.12. The molecule has 0 aromatic carbocycles. The fraction of sp³-hybridized carbons (Fsp3) is 0.478. The topological polar surface area (TPSA) is 91.2 Å². The van der Waals surface area contributed by atoms with Gasteiger partial charge in [-0.05, 0) is 31.0 Å². The summed E-state index contributed by atoms with van der Waals surface area (Å²) in [6.45, 7) is 4.71. The van der Waals surface area contributed by atoms with Crippen molar-refractivity contribution in [2.75, 3.05) is 50.0 Å². The van der Waals surface area contributed by atoms with E-state index in [1.165, 1.54) is 12.8 Å². The van der Waals surface area contributed by atoms with E-state index < -0.39 is 0 Å². The van der Waals surface area contributed by atoms with Gasteiger partial charge in [0, 0.05) is 51.4 Å². The summed E-state index contributed by atoms with van der Waals surface area (Å²) in [6.07, 6.45) is 8.21. The second-order valence-electron chi connectivity index (χ2n) is 9.19. The first-order valence-corrected chi connectivity index (χ1v) is 11.5. The van der Waals surface area contributed by atoms with E-state index in [-0.39, 0.29) is 11.4 Å². The van der Waals surface area contributed by atoms with Crippen molar-refractivity contribution < 1.29 is 4.79 Å². The molecule has 0 atom stereocenters. The summed E-state index contributed by atoms with van der Waals surface area (Å²) < 4.78 is 2.20. The van der Waals surface area contributed by atoms with Gasteiger partial charge in [-0.1, -0.05) is 12.8 Å². The van der Waals surface area contributed by atoms with Crippen LogP contribution in [-0.2, 0) is 5.54 Å². The summed E-state index contributed by atoms with van der Waals surface area (Å²) in [5.41, 5.74) is 2.62. The van der Waals surface area contributed by atoms with Crippen LogP contribution >= 0.6 is 0 Å². The molecule has 0 unspecified atom stereocenters. The Morgan fingerprint density at radius 1 is 1.09 bits per heavy atom. The van der Waals surface area contributed by atoms with Gasteiger partial charge in [-0.3, -0.25) is 4.79 Å². The third-order valence-corrected chi connectivity index (χ3v) is 7.12. The molecular formula is C23H28N8O. The van der Waals surface area contributed by atoms with Gasteiger partial charge >= 0.3 is 0 Å². The first kappa shape index (κ1) is 19.5. The van der Waals surface area contributed by atoms with E-state index in [1.807, 2.05) is 30.3 Å². The van der Waals surface area contributed by atoms with Gasteiger partial charge in [-0.15, -0.1) is 0 Å². The van der Waals surface area contributed by atoms with Gasteiger partial charge in [0.05, 0.1) is 17.4 Å². The molecule has 3 aromatic rings. The molecule has 1 saturated heterocycles. The van der Waals surface area contributed by atoms with E-state index >= 15 is 0 Å². The van der Waals surface area contributed by atoms with Gasteiger partial charge in [-0.2, -0.15) is 4.98 Å². The summed E-state index contributed by atoms with van der Waals surface area (Å²) in [5.74, 6) is 1.26. The van der Waals surface area contributed by atoms with Gasteiger partial charge < -0.3 is 25.0 Å². The van der Waals surface area contributed by atoms with Crippen LogP contribution in [0.15, 0.2) is 30.6 Å². The van der Waals surface area contributed by atoms with E-state index in [0.717, 1.165) is 68.0 Å². The largest absolute Gasteiger partial charge is 0.368 e. The van der Waals surface area contributed by atoms with Crippen molar-refractivity contribution in [2.24, 2.45) is 0 Å². The molecule has 1 saturated carbocycles. The Kier molecular flexibility index (Phi) is 4.53. The maximum atomic E-state index is 12.9. The maximum Gasteiger partial charge on any atom is 0.270 e. The number of carbonyl (C=O) groups excluding carboxylic acids is 1. The molecule has 5 heterocycles. The fourth-order valence-corrected chi connectivity index (χ4v) is 5.57. The van der Waals surface area contributed by atoms with E-state index in [4.69, 9.17) is 4.98 Å². The zero-order chi connectivity index (χ0) is 21.7. The zero-order valence-electron chi connectivity index (χ0n) is 18.3. The minimum Gasteiger partial charge on any atom is -0.368 e. The number of nitrogens with zero attached hydrogens (tertiary/aromatic N) is 6. The quantitative estimate of drug-likeness (QED) is 0.656. The van der Waals surface area contributed by atoms with Crippen molar-refractivity contribution >= 4 is 34.4 Å². The van der Waals surface area contributed by atoms with Crippen LogP contribution in [0.2, 0.25) is 0 Å². The Balaban J connectivity index is 1.32. The molecule has 3 aromatic heterocycles. The Morgan fingerprint density at radius 3 is 2.66 bits per heavy atom. The monoisotopic (exact) mass is 432 g/mol. The lowest BCUT2D eigenvalue weighted by Crippen LogP contribution is -2.50. The van der Waals surface area contributed by atoms with Crippen molar-refractivity contribution in [3.63, 3.8) is 0 Å². The van der Waals surface area contributed by atoms with Gasteiger partial charge in [-0.25, -0.2) is 9.97 Å². The average molecular weight is 433 g/mol. The van der Waals surface area contributed by atoms with Gasteiger partial charge in [0.25, 0.3) is 5.91 Å². The van der Waals surface area contributed by atoms with E-state index in [1.54, 1.807) is 6.20 Å². The van der Waals surface area contributed by atoms with Crippen LogP contribution < -0.4 is 15.5 Å². The minimum atomic E-state index is -0.0609. The van der Waals surface area contributed by atoms with E-state index in [9.17, 15) is 4.79 Å². The SMILES string of the molecule is CN1CC2(CCCC2)n2c(cc3cnc(Nc4ccc(N5CCNCC5)cn4)nc32)C1=O. The molecule has 0 bridgehead atoms. The van der Waals surface area contributed by atoms with Crippen molar-refractivity contribution in [1.82, 2.24) is 29.7 Å². The Morgan fingerprint density at radius 2 is 1.91 bits per heavy atom. The summed E-state index contributed by atoms with van der Waals surface area (Å²) in [5, 5.41) is 7.52. The number of anilines is 3. The highest BCUT2D eigenvalue weighted by molar-refractivity contribution is 5.99. The molecule has 166 valence electrons. The van der Waals surface area contributed by atoms with Crippen molar-refractivity contribution in [3.8, 4) is 0 Å². The number of hydrogen-bond acceptors (Lipinski definition) is 7. The van der Waals surface area contributed by atoms with Crippen LogP contribution in [0.25, 0.3) is 11.0 Å². The molecule has 0 radical (unpaired) electrons. The smallest absolute Gasteiger partial charge is 0.270 e. The number of aromatic nitrogens is 4. The molecule has 32 heavy (non-hydrogen) atoms. The molecule has 6 rings (SSSR count). The number of hydrogen-bond donors (Lipinski definition) is 2. The highest BCUT2D eigenvalue weighted by atomic mass is 16.2. The van der Waals surface area contributed by atoms with Crippen molar-refractivity contribution in [3.05, 3.63) is 36.3 Å². The highest BCUT2D eigenvalue weighted by Gasteiger charge is 2.45. The predicted molar refractivity (Wildman–Crippen MR) is 124 cm³/mol. The second kappa shape index (κ2) is 7.44. The third kappa shape index (κ3) is 3.10. The maximum absolute atomic E-state index is 12.9. The van der Waals surface area contributed by atoms with Gasteiger partial charge in [0.2, 0.25) is 5.95 Å². The van der Waals surface area contributed by atoms with Crippen LogP contribution in [0.4, 0.5) is 17.5 Å². The number of piperazine rings is 1. The Bertz CT molecular complexity index is 1160. The molecule has 9 heteroatoms. The summed E-state index contributed by atoms with van der Waals surface area (Å²) in [6, 6.07) is 5.99. The average Bonchev–Trinajstić information content (AvgIpc) is 3.44. The van der Waals surface area contributed by atoms with Crippen LogP contribution in [0, 0.1) is 0 Å². The normalized spacial score (nSPS) is 20.2. The fourth-order valence-electron chi connectivity index (χ4n) is 5.57. The summed E-state index contributed by atoms with van der Waals surface area (Å²) in [4.78, 5) is 31.0. The first-order chi connectivity index (χ1) is 15.6. The molecule has 2 fully saturated rings. The van der Waals surface area contributed by atoms with Gasteiger partial charge in [0.15, 0.2) is 0 Å². The number of rotatable bonds is 3. The Hall–Kier alpha value is -3.20. The summed E-state index contributed by atoms with van der Waals surface area (Å²) in [7, 11) is 1.90. The molecule has 1 amide bonds. The predicted octanol–water partition coefficient (Wildman–Crippen LogP) is 2.33. The standard InChI is InChI=1S/C23H28N8O/c1-29-15-23(6-2-3-7-23)31-18(21(29)32)12-16-13-26-22(28-20(16)31)27-19-5-4-17(14-25-19)30-10-8-24-9-11-30/h4-5,12-14,24H,2-3,6-11,15H2,1H3,(H,25,26,27,28). The minimum absolute atomic E-state index is 0.0557. The molecule has 2 aliphatic heterocycles. The molecule has 1 aliphatic carbocycles. The molecule has 2 N–H and O–H groups in total. The van der Waals surface area contributed by atoms with Crippen LogP contribution in [0.1, 0.15) is 36.2 Å². The molecule has 3 aliphatic rings. The molecule has 9 nitrogen and oxygen atoms in total. The highest BCUT2D eigenvalue weighted by Crippen LogP contribution is 2.43. The number of amides is 1. The lowest BCUT2D eigenvalue weighted by atomic mass is 9.93. The lowest BCUT2D eigenvalue weighted by Gasteiger charge is -2.41. The molecular weight excluding hydrogens is 404 g/mol. The zero-order valence-corrected chi connectivity index (χ0v) is 18.3. The second-order valence-corrected chi connectivity index (χ2v) is 9.19. The van der Waals surface area contributed by atoms with E-state index in [2.05, 4.69) is 36.1 Å². The van der Waals surface area contributed by atoms with Crippen molar-refractivity contribution in [1.29, 1.82) is 0 Å². The van der Waals surface area contributed by atoms with Crippen molar-refractivity contribution in [2.45, 2.75) is 31.2 Å². The summed E-state index contributed by atoms with van der Waals surface area (Å²) >= 11 is 0. The lowest BCUT2D eigenvalue weighted by molar-refractivity contribution is 0.0626.